The van der Waals surface area contributed by atoms with Crippen molar-refractivity contribution >= 4 is 27.4 Å². The largest absolute Gasteiger partial charge is 0.508 e. The zero-order valence-electron chi connectivity index (χ0n) is 18.5. The van der Waals surface area contributed by atoms with Crippen LogP contribution in [-0.2, 0) is 21.2 Å². The van der Waals surface area contributed by atoms with Crippen molar-refractivity contribution < 1.29 is 23.4 Å². The lowest BCUT2D eigenvalue weighted by atomic mass is 10.1. The fourth-order valence-electron chi connectivity index (χ4n) is 4.00. The Labute approximate surface area is 199 Å². The summed E-state index contributed by atoms with van der Waals surface area (Å²) in [6.07, 6.45) is -0.0430. The molecule has 0 spiro atoms. The fraction of sp³-hybridized carbons (Fsp3) is 0.240. The van der Waals surface area contributed by atoms with Gasteiger partial charge in [-0.2, -0.15) is 4.72 Å². The van der Waals surface area contributed by atoms with E-state index in [4.69, 9.17) is 0 Å². The monoisotopic (exact) mass is 481 g/mol. The SMILES string of the molecule is O=C(O)C(Cc1ccc(O)cc1)NS(=O)(=O)c1ccc(N2CCN(c3ccccc3)CC2)cc1. The Kier molecular flexibility index (Phi) is 7.04. The van der Waals surface area contributed by atoms with Gasteiger partial charge in [-0.15, -0.1) is 0 Å². The molecule has 4 rings (SSSR count). The maximum atomic E-state index is 12.8. The number of nitrogens with zero attached hydrogens (tertiary/aromatic N) is 2. The second-order valence-corrected chi connectivity index (χ2v) is 9.90. The first kappa shape index (κ1) is 23.6. The lowest BCUT2D eigenvalue weighted by Gasteiger charge is -2.37. The molecule has 1 aliphatic heterocycles. The Bertz CT molecular complexity index is 1210. The Morgan fingerprint density at radius 3 is 1.88 bits per heavy atom. The molecule has 1 fully saturated rings. The number of hydrogen-bond donors (Lipinski definition) is 3. The van der Waals surface area contributed by atoms with Crippen molar-refractivity contribution in [1.29, 1.82) is 0 Å². The van der Waals surface area contributed by atoms with Gasteiger partial charge in [0.1, 0.15) is 11.8 Å². The molecule has 1 saturated heterocycles. The van der Waals surface area contributed by atoms with E-state index >= 15 is 0 Å². The molecule has 1 atom stereocenters. The van der Waals surface area contributed by atoms with Gasteiger partial charge < -0.3 is 20.0 Å². The summed E-state index contributed by atoms with van der Waals surface area (Å²) < 4.78 is 28.0. The maximum Gasteiger partial charge on any atom is 0.322 e. The molecule has 0 amide bonds. The Hall–Kier alpha value is -3.56. The number of phenolic OH excluding ortho intramolecular Hbond substituents is 1. The Morgan fingerprint density at radius 1 is 0.824 bits per heavy atom. The van der Waals surface area contributed by atoms with Gasteiger partial charge >= 0.3 is 5.97 Å². The second kappa shape index (κ2) is 10.1. The first-order valence-electron chi connectivity index (χ1n) is 11.0. The number of hydrogen-bond acceptors (Lipinski definition) is 6. The average Bonchev–Trinajstić information content (AvgIpc) is 2.85. The lowest BCUT2D eigenvalue weighted by Crippen LogP contribution is -2.46. The number of piperazine rings is 1. The molecule has 34 heavy (non-hydrogen) atoms. The molecule has 0 aliphatic carbocycles. The number of carboxylic acids is 1. The molecule has 0 saturated carbocycles. The van der Waals surface area contributed by atoms with Crippen LogP contribution in [0.25, 0.3) is 0 Å². The van der Waals surface area contributed by atoms with E-state index in [1.54, 1.807) is 24.3 Å². The van der Waals surface area contributed by atoms with Crippen LogP contribution in [-0.4, -0.2) is 56.8 Å². The minimum Gasteiger partial charge on any atom is -0.508 e. The summed E-state index contributed by atoms with van der Waals surface area (Å²) in [6, 6.07) is 21.4. The van der Waals surface area contributed by atoms with Crippen LogP contribution < -0.4 is 14.5 Å². The van der Waals surface area contributed by atoms with Gasteiger partial charge in [-0.05, 0) is 60.5 Å². The van der Waals surface area contributed by atoms with Crippen LogP contribution in [0.5, 0.6) is 5.75 Å². The summed E-state index contributed by atoms with van der Waals surface area (Å²) in [5.74, 6) is -1.22. The van der Waals surface area contributed by atoms with Crippen molar-refractivity contribution in [2.24, 2.45) is 0 Å². The van der Waals surface area contributed by atoms with Gasteiger partial charge in [0, 0.05) is 37.6 Å². The zero-order chi connectivity index (χ0) is 24.1. The molecular formula is C25H27N3O5S. The van der Waals surface area contributed by atoms with Crippen molar-refractivity contribution in [1.82, 2.24) is 4.72 Å². The van der Waals surface area contributed by atoms with Crippen molar-refractivity contribution in [3.05, 3.63) is 84.4 Å². The zero-order valence-corrected chi connectivity index (χ0v) is 19.4. The quantitative estimate of drug-likeness (QED) is 0.454. The minimum absolute atomic E-state index is 0.0103. The topological polar surface area (TPSA) is 110 Å². The van der Waals surface area contributed by atoms with Crippen molar-refractivity contribution in [3.63, 3.8) is 0 Å². The number of aliphatic carboxylic acids is 1. The van der Waals surface area contributed by atoms with Crippen molar-refractivity contribution in [2.75, 3.05) is 36.0 Å². The third kappa shape index (κ3) is 5.67. The van der Waals surface area contributed by atoms with E-state index in [1.165, 1.54) is 30.0 Å². The number of carbonyl (C=O) groups is 1. The third-order valence-electron chi connectivity index (χ3n) is 5.88. The normalized spacial score (nSPS) is 15.2. The summed E-state index contributed by atoms with van der Waals surface area (Å²) in [5.41, 5.74) is 2.71. The molecule has 0 aromatic heterocycles. The number of nitrogens with one attached hydrogen (secondary N) is 1. The molecule has 8 nitrogen and oxygen atoms in total. The van der Waals surface area contributed by atoms with Crippen LogP contribution in [0.1, 0.15) is 5.56 Å². The highest BCUT2D eigenvalue weighted by Crippen LogP contribution is 2.22. The van der Waals surface area contributed by atoms with Gasteiger partial charge in [0.25, 0.3) is 0 Å². The number of rotatable bonds is 8. The molecule has 0 bridgehead atoms. The summed E-state index contributed by atoms with van der Waals surface area (Å²) in [4.78, 5) is 16.2. The van der Waals surface area contributed by atoms with E-state index in [-0.39, 0.29) is 17.1 Å². The van der Waals surface area contributed by atoms with Crippen LogP contribution in [0.4, 0.5) is 11.4 Å². The van der Waals surface area contributed by atoms with Gasteiger partial charge in [-0.1, -0.05) is 30.3 Å². The molecule has 1 aliphatic rings. The van der Waals surface area contributed by atoms with Crippen LogP contribution >= 0.6 is 0 Å². The van der Waals surface area contributed by atoms with E-state index < -0.39 is 22.0 Å². The summed E-state index contributed by atoms with van der Waals surface area (Å²) >= 11 is 0. The molecule has 1 heterocycles. The van der Waals surface area contributed by atoms with Gasteiger partial charge in [-0.25, -0.2) is 8.42 Å². The number of aromatic hydroxyl groups is 1. The molecule has 0 radical (unpaired) electrons. The van der Waals surface area contributed by atoms with E-state index in [0.29, 0.717) is 5.56 Å². The number of sulfonamides is 1. The van der Waals surface area contributed by atoms with Gasteiger partial charge in [0.05, 0.1) is 4.90 Å². The standard InChI is InChI=1S/C25H27N3O5S/c29-22-10-6-19(7-11-22)18-24(25(30)31)26-34(32,33)23-12-8-21(9-13-23)28-16-14-27(15-17-28)20-4-2-1-3-5-20/h1-13,24,26,29H,14-18H2,(H,30,31). The number of phenols is 1. The first-order valence-corrected chi connectivity index (χ1v) is 12.5. The molecule has 178 valence electrons. The Morgan fingerprint density at radius 2 is 1.35 bits per heavy atom. The first-order chi connectivity index (χ1) is 16.3. The lowest BCUT2D eigenvalue weighted by molar-refractivity contribution is -0.138. The number of para-hydroxylation sites is 1. The van der Waals surface area contributed by atoms with E-state index in [9.17, 15) is 23.4 Å². The van der Waals surface area contributed by atoms with E-state index in [2.05, 4.69) is 26.7 Å². The average molecular weight is 482 g/mol. The summed E-state index contributed by atoms with van der Waals surface area (Å²) in [7, 11) is -4.03. The van der Waals surface area contributed by atoms with Crippen molar-refractivity contribution in [3.8, 4) is 5.75 Å². The van der Waals surface area contributed by atoms with Crippen LogP contribution in [0.15, 0.2) is 83.8 Å². The molecule has 3 aromatic rings. The van der Waals surface area contributed by atoms with Gasteiger partial charge in [0.15, 0.2) is 0 Å². The molecule has 3 aromatic carbocycles. The smallest absolute Gasteiger partial charge is 0.322 e. The van der Waals surface area contributed by atoms with Crippen LogP contribution in [0.3, 0.4) is 0 Å². The predicted molar refractivity (Wildman–Crippen MR) is 131 cm³/mol. The number of carboxylic acid groups (broad SMARTS) is 1. The fourth-order valence-corrected chi connectivity index (χ4v) is 5.19. The minimum atomic E-state index is -4.03. The van der Waals surface area contributed by atoms with E-state index in [0.717, 1.165) is 31.9 Å². The molecular weight excluding hydrogens is 454 g/mol. The Balaban J connectivity index is 1.40. The third-order valence-corrected chi connectivity index (χ3v) is 7.37. The van der Waals surface area contributed by atoms with Crippen LogP contribution in [0.2, 0.25) is 0 Å². The number of benzene rings is 3. The predicted octanol–water partition coefficient (Wildman–Crippen LogP) is 2.69. The highest BCUT2D eigenvalue weighted by atomic mass is 32.2. The maximum absolute atomic E-state index is 12.8. The highest BCUT2D eigenvalue weighted by Gasteiger charge is 2.26. The summed E-state index contributed by atoms with van der Waals surface area (Å²) in [5, 5.41) is 18.9. The molecule has 3 N–H and O–H groups in total. The number of anilines is 2. The second-order valence-electron chi connectivity index (χ2n) is 8.19. The molecule has 9 heteroatoms. The van der Waals surface area contributed by atoms with Crippen LogP contribution in [0, 0.1) is 0 Å². The molecule has 1 unspecified atom stereocenters. The van der Waals surface area contributed by atoms with Crippen molar-refractivity contribution in [2.45, 2.75) is 17.4 Å². The van der Waals surface area contributed by atoms with Gasteiger partial charge in [0.2, 0.25) is 10.0 Å². The highest BCUT2D eigenvalue weighted by molar-refractivity contribution is 7.89. The summed E-state index contributed by atoms with van der Waals surface area (Å²) in [6.45, 7) is 3.35. The van der Waals surface area contributed by atoms with Gasteiger partial charge in [-0.3, -0.25) is 4.79 Å². The van der Waals surface area contributed by atoms with E-state index in [1.807, 2.05) is 18.2 Å².